The zero-order chi connectivity index (χ0) is 14.9. The largest absolute Gasteiger partial charge is 0.490 e. The molecule has 3 nitrogen and oxygen atoms in total. The maximum atomic E-state index is 6.20. The predicted molar refractivity (Wildman–Crippen MR) is 86.0 cm³/mol. The van der Waals surface area contributed by atoms with Crippen LogP contribution in [0, 0.1) is 0 Å². The van der Waals surface area contributed by atoms with E-state index >= 15 is 0 Å². The van der Waals surface area contributed by atoms with Gasteiger partial charge in [-0.15, -0.1) is 0 Å². The van der Waals surface area contributed by atoms with Crippen molar-refractivity contribution in [2.24, 2.45) is 0 Å². The second-order valence-corrected chi connectivity index (χ2v) is 4.70. The third kappa shape index (κ3) is 4.50. The van der Waals surface area contributed by atoms with Crippen LogP contribution in [0.5, 0.6) is 11.5 Å². The molecule has 0 saturated heterocycles. The lowest BCUT2D eigenvalue weighted by Gasteiger charge is -2.21. The van der Waals surface area contributed by atoms with E-state index in [1.807, 2.05) is 49.4 Å². The van der Waals surface area contributed by atoms with Crippen molar-refractivity contribution < 1.29 is 9.47 Å². The molecule has 0 aliphatic carbocycles. The Labute approximate surface area is 126 Å². The van der Waals surface area contributed by atoms with Crippen molar-refractivity contribution in [1.29, 1.82) is 0 Å². The van der Waals surface area contributed by atoms with Crippen molar-refractivity contribution in [2.45, 2.75) is 20.0 Å². The summed E-state index contributed by atoms with van der Waals surface area (Å²) in [6.45, 7) is 6.38. The van der Waals surface area contributed by atoms with Gasteiger partial charge in [0.1, 0.15) is 6.10 Å². The Morgan fingerprint density at radius 1 is 0.905 bits per heavy atom. The Morgan fingerprint density at radius 2 is 1.57 bits per heavy atom. The summed E-state index contributed by atoms with van der Waals surface area (Å²) in [5, 5.41) is 3.35. The van der Waals surface area contributed by atoms with E-state index in [0.29, 0.717) is 6.61 Å². The molecule has 0 spiro atoms. The topological polar surface area (TPSA) is 30.5 Å². The molecule has 0 radical (unpaired) electrons. The second kappa shape index (κ2) is 8.32. The third-order valence-corrected chi connectivity index (χ3v) is 3.17. The lowest BCUT2D eigenvalue weighted by atomic mass is 10.1. The molecule has 0 aromatic heterocycles. The summed E-state index contributed by atoms with van der Waals surface area (Å²) in [6, 6.07) is 18.1. The van der Waals surface area contributed by atoms with Crippen LogP contribution in [0.2, 0.25) is 0 Å². The van der Waals surface area contributed by atoms with Crippen LogP contribution >= 0.6 is 0 Å². The smallest absolute Gasteiger partial charge is 0.162 e. The molecule has 0 saturated carbocycles. The zero-order valence-electron chi connectivity index (χ0n) is 12.7. The van der Waals surface area contributed by atoms with Crippen LogP contribution in [0.1, 0.15) is 25.5 Å². The Morgan fingerprint density at radius 3 is 2.24 bits per heavy atom. The molecule has 21 heavy (non-hydrogen) atoms. The van der Waals surface area contributed by atoms with Crippen LogP contribution < -0.4 is 14.8 Å². The molecule has 0 aliphatic heterocycles. The van der Waals surface area contributed by atoms with E-state index in [1.54, 1.807) is 0 Å². The fourth-order valence-corrected chi connectivity index (χ4v) is 2.15. The highest BCUT2D eigenvalue weighted by molar-refractivity contribution is 5.40. The van der Waals surface area contributed by atoms with E-state index < -0.39 is 0 Å². The van der Waals surface area contributed by atoms with Crippen LogP contribution in [0.4, 0.5) is 0 Å². The average molecular weight is 285 g/mol. The molecule has 0 aliphatic rings. The van der Waals surface area contributed by atoms with Gasteiger partial charge in [0.15, 0.2) is 11.5 Å². The van der Waals surface area contributed by atoms with E-state index in [0.717, 1.165) is 30.2 Å². The van der Waals surface area contributed by atoms with Gasteiger partial charge in [-0.1, -0.05) is 49.4 Å². The van der Waals surface area contributed by atoms with Crippen molar-refractivity contribution in [3.8, 4) is 11.5 Å². The lowest BCUT2D eigenvalue weighted by Crippen LogP contribution is -2.25. The number of hydrogen-bond donors (Lipinski definition) is 1. The van der Waals surface area contributed by atoms with Gasteiger partial charge in [-0.3, -0.25) is 0 Å². The molecular formula is C18H23NO2. The van der Waals surface area contributed by atoms with Gasteiger partial charge in [0.2, 0.25) is 0 Å². The number of hydrogen-bond acceptors (Lipinski definition) is 3. The molecule has 0 fully saturated rings. The van der Waals surface area contributed by atoms with Crippen molar-refractivity contribution in [1.82, 2.24) is 5.32 Å². The standard InChI is InChI=1S/C18H23NO2/c1-3-19-14-18(15-10-6-5-7-11-15)21-17-13-9-8-12-16(17)20-4-2/h5-13,18-19H,3-4,14H2,1-2H3. The maximum absolute atomic E-state index is 6.20. The summed E-state index contributed by atoms with van der Waals surface area (Å²) >= 11 is 0. The van der Waals surface area contributed by atoms with Gasteiger partial charge in [-0.05, 0) is 31.2 Å². The van der Waals surface area contributed by atoms with Gasteiger partial charge in [0.05, 0.1) is 6.61 Å². The molecule has 1 unspecified atom stereocenters. The predicted octanol–water partition coefficient (Wildman–Crippen LogP) is 3.81. The number of nitrogens with one attached hydrogen (secondary N) is 1. The zero-order valence-corrected chi connectivity index (χ0v) is 12.7. The highest BCUT2D eigenvalue weighted by atomic mass is 16.5. The van der Waals surface area contributed by atoms with Crippen molar-refractivity contribution in [2.75, 3.05) is 19.7 Å². The van der Waals surface area contributed by atoms with Gasteiger partial charge in [-0.25, -0.2) is 0 Å². The second-order valence-electron chi connectivity index (χ2n) is 4.70. The summed E-state index contributed by atoms with van der Waals surface area (Å²) in [6.07, 6.45) is -0.0345. The molecule has 2 rings (SSSR count). The third-order valence-electron chi connectivity index (χ3n) is 3.17. The highest BCUT2D eigenvalue weighted by Gasteiger charge is 2.15. The SMILES string of the molecule is CCNCC(Oc1ccccc1OCC)c1ccccc1. The van der Waals surface area contributed by atoms with Gasteiger partial charge < -0.3 is 14.8 Å². The van der Waals surface area contributed by atoms with Gasteiger partial charge >= 0.3 is 0 Å². The summed E-state index contributed by atoms with van der Waals surface area (Å²) < 4.78 is 11.8. The minimum atomic E-state index is -0.0345. The number of ether oxygens (including phenoxy) is 2. The maximum Gasteiger partial charge on any atom is 0.162 e. The van der Waals surface area contributed by atoms with Gasteiger partial charge in [0.25, 0.3) is 0 Å². The van der Waals surface area contributed by atoms with Crippen molar-refractivity contribution >= 4 is 0 Å². The number of benzene rings is 2. The first-order valence-electron chi connectivity index (χ1n) is 7.49. The van der Waals surface area contributed by atoms with E-state index in [2.05, 4.69) is 24.4 Å². The first kappa shape index (κ1) is 15.4. The van der Waals surface area contributed by atoms with E-state index in [-0.39, 0.29) is 6.10 Å². The van der Waals surface area contributed by atoms with E-state index in [4.69, 9.17) is 9.47 Å². The molecular weight excluding hydrogens is 262 g/mol. The highest BCUT2D eigenvalue weighted by Crippen LogP contribution is 2.30. The van der Waals surface area contributed by atoms with Crippen molar-refractivity contribution in [3.05, 3.63) is 60.2 Å². The molecule has 1 N–H and O–H groups in total. The fraction of sp³-hybridized carbons (Fsp3) is 0.333. The number of para-hydroxylation sites is 2. The van der Waals surface area contributed by atoms with Crippen LogP contribution in [0.25, 0.3) is 0 Å². The lowest BCUT2D eigenvalue weighted by molar-refractivity contribution is 0.190. The molecule has 2 aromatic carbocycles. The minimum absolute atomic E-state index is 0.0345. The number of likely N-dealkylation sites (N-methyl/N-ethyl adjacent to an activating group) is 1. The van der Waals surface area contributed by atoms with Crippen LogP contribution in [-0.4, -0.2) is 19.7 Å². The Bertz CT molecular complexity index is 528. The normalized spacial score (nSPS) is 11.9. The van der Waals surface area contributed by atoms with E-state index in [9.17, 15) is 0 Å². The van der Waals surface area contributed by atoms with Crippen LogP contribution in [0.3, 0.4) is 0 Å². The van der Waals surface area contributed by atoms with Crippen LogP contribution in [0.15, 0.2) is 54.6 Å². The first-order valence-corrected chi connectivity index (χ1v) is 7.49. The number of rotatable bonds is 8. The Hall–Kier alpha value is -2.00. The first-order chi connectivity index (χ1) is 10.3. The average Bonchev–Trinajstić information content (AvgIpc) is 2.54. The van der Waals surface area contributed by atoms with E-state index in [1.165, 1.54) is 0 Å². The Balaban J connectivity index is 2.19. The molecule has 0 bridgehead atoms. The molecule has 1 atom stereocenters. The molecule has 3 heteroatoms. The summed E-state index contributed by atoms with van der Waals surface area (Å²) in [5.74, 6) is 1.57. The molecule has 0 heterocycles. The molecule has 2 aromatic rings. The Kier molecular flexibility index (Phi) is 6.10. The summed E-state index contributed by atoms with van der Waals surface area (Å²) in [4.78, 5) is 0. The van der Waals surface area contributed by atoms with Crippen LogP contribution in [-0.2, 0) is 0 Å². The monoisotopic (exact) mass is 285 g/mol. The fourth-order valence-electron chi connectivity index (χ4n) is 2.15. The summed E-state index contributed by atoms with van der Waals surface area (Å²) in [7, 11) is 0. The van der Waals surface area contributed by atoms with Gasteiger partial charge in [-0.2, -0.15) is 0 Å². The molecule has 0 amide bonds. The quantitative estimate of drug-likeness (QED) is 0.800. The van der Waals surface area contributed by atoms with Gasteiger partial charge in [0, 0.05) is 6.54 Å². The molecule has 112 valence electrons. The summed E-state index contributed by atoms with van der Waals surface area (Å²) in [5.41, 5.74) is 1.16. The van der Waals surface area contributed by atoms with Crippen molar-refractivity contribution in [3.63, 3.8) is 0 Å². The minimum Gasteiger partial charge on any atom is -0.490 e.